The molecule has 2 saturated heterocycles. The predicted molar refractivity (Wildman–Crippen MR) is 206 cm³/mol. The van der Waals surface area contributed by atoms with Gasteiger partial charge in [-0.05, 0) is 125 Å². The Hall–Kier alpha value is -3.90. The molecule has 3 fully saturated rings. The van der Waals surface area contributed by atoms with E-state index < -0.39 is 23.3 Å². The summed E-state index contributed by atoms with van der Waals surface area (Å²) in [6.45, 7) is 10.1. The highest BCUT2D eigenvalue weighted by molar-refractivity contribution is 7.80. The number of unbranched alkanes of at least 4 members (excludes halogenated alkanes) is 2. The number of nitrogens with zero attached hydrogens (tertiary/aromatic N) is 4. The minimum Gasteiger partial charge on any atom is -0.449 e. The average molecular weight is 735 g/mol. The molecule has 0 radical (unpaired) electrons. The number of anilines is 2. The van der Waals surface area contributed by atoms with Crippen LogP contribution in [0.15, 0.2) is 48.5 Å². The van der Waals surface area contributed by atoms with Gasteiger partial charge in [0, 0.05) is 11.4 Å². The summed E-state index contributed by atoms with van der Waals surface area (Å²) >= 11 is 11.4. The lowest BCUT2D eigenvalue weighted by atomic mass is 9.80. The van der Waals surface area contributed by atoms with Crippen LogP contribution in [0.4, 0.5) is 21.0 Å². The summed E-state index contributed by atoms with van der Waals surface area (Å²) < 4.78 is 10.7. The van der Waals surface area contributed by atoms with Crippen LogP contribution in [0, 0.1) is 0 Å². The Morgan fingerprint density at radius 3 is 1.94 bits per heavy atom. The summed E-state index contributed by atoms with van der Waals surface area (Å²) in [5.41, 5.74) is 2.03. The molecule has 0 aromatic heterocycles. The van der Waals surface area contributed by atoms with Crippen molar-refractivity contribution >= 4 is 70.0 Å². The molecule has 0 bridgehead atoms. The Morgan fingerprint density at radius 2 is 1.33 bits per heavy atom. The van der Waals surface area contributed by atoms with Gasteiger partial charge in [-0.3, -0.25) is 9.59 Å². The van der Waals surface area contributed by atoms with Gasteiger partial charge in [-0.2, -0.15) is 9.80 Å². The number of hydrogen-bond acceptors (Lipinski definition) is 8. The van der Waals surface area contributed by atoms with Gasteiger partial charge in [-0.15, -0.1) is 0 Å². The van der Waals surface area contributed by atoms with Gasteiger partial charge >= 0.3 is 12.2 Å². The van der Waals surface area contributed by atoms with E-state index in [0.29, 0.717) is 31.6 Å². The average Bonchev–Trinajstić information content (AvgIpc) is 3.43. The second kappa shape index (κ2) is 16.2. The van der Waals surface area contributed by atoms with E-state index in [4.69, 9.17) is 33.9 Å². The number of benzene rings is 2. The second-order valence-electron chi connectivity index (χ2n) is 14.2. The third kappa shape index (κ3) is 7.40. The Morgan fingerprint density at radius 1 is 0.765 bits per heavy atom. The van der Waals surface area contributed by atoms with Crippen LogP contribution in [-0.2, 0) is 25.5 Å². The number of thiocarbonyl (C=S) groups is 2. The first-order chi connectivity index (χ1) is 24.4. The first kappa shape index (κ1) is 38.3. The van der Waals surface area contributed by atoms with Gasteiger partial charge < -0.3 is 19.3 Å². The maximum absolute atomic E-state index is 13.9. The van der Waals surface area contributed by atoms with Crippen molar-refractivity contribution in [3.05, 3.63) is 59.7 Å². The molecule has 1 spiro atoms. The standard InChI is InChI=1S/C39H50N4O6S2/c1-6-23-38(5)32(44)40(36(46)48-7-2)34(50)42(38)30-19-15-28(16-20-30)14-10-8-13-26-49-37(47)41-33(45)39(24-11-9-12-25-39)43(35(41)51)31-21-17-29(18-22-31)27(3)4/h15-22,27H,6-14,23-26H2,1-5H3. The summed E-state index contributed by atoms with van der Waals surface area (Å²) in [7, 11) is 0. The number of carbonyl (C=O) groups is 4. The van der Waals surface area contributed by atoms with Gasteiger partial charge in [0.2, 0.25) is 0 Å². The quantitative estimate of drug-likeness (QED) is 0.156. The van der Waals surface area contributed by atoms with Crippen LogP contribution in [0.1, 0.15) is 116 Å². The molecular weight excluding hydrogens is 685 g/mol. The number of aryl methyl sites for hydroxylation is 1. The highest BCUT2D eigenvalue weighted by Gasteiger charge is 2.58. The van der Waals surface area contributed by atoms with Gasteiger partial charge in [0.25, 0.3) is 11.8 Å². The van der Waals surface area contributed by atoms with Crippen molar-refractivity contribution in [2.45, 2.75) is 122 Å². The van der Waals surface area contributed by atoms with Crippen molar-refractivity contribution in [3.8, 4) is 0 Å². The highest BCUT2D eigenvalue weighted by Crippen LogP contribution is 2.44. The molecule has 1 saturated carbocycles. The third-order valence-corrected chi connectivity index (χ3v) is 11.1. The molecule has 1 unspecified atom stereocenters. The van der Waals surface area contributed by atoms with Crippen LogP contribution in [0.25, 0.3) is 0 Å². The summed E-state index contributed by atoms with van der Waals surface area (Å²) in [5, 5.41) is 0.310. The Kier molecular flexibility index (Phi) is 12.2. The van der Waals surface area contributed by atoms with E-state index in [1.54, 1.807) is 11.8 Å². The van der Waals surface area contributed by atoms with Crippen LogP contribution in [-0.4, -0.2) is 68.3 Å². The zero-order chi connectivity index (χ0) is 36.9. The Balaban J connectivity index is 1.14. The van der Waals surface area contributed by atoms with Crippen LogP contribution in [0.3, 0.4) is 0 Å². The largest absolute Gasteiger partial charge is 0.449 e. The predicted octanol–water partition coefficient (Wildman–Crippen LogP) is 8.64. The molecule has 0 N–H and O–H groups in total. The molecular formula is C39H50N4O6S2. The number of amides is 4. The molecule has 274 valence electrons. The zero-order valence-corrected chi connectivity index (χ0v) is 32.1. The molecule has 3 aliphatic rings. The van der Waals surface area contributed by atoms with Gasteiger partial charge in [0.05, 0.1) is 13.2 Å². The number of imide groups is 2. The first-order valence-electron chi connectivity index (χ1n) is 18.3. The molecule has 5 rings (SSSR count). The summed E-state index contributed by atoms with van der Waals surface area (Å²) in [6.07, 6.45) is 7.09. The highest BCUT2D eigenvalue weighted by atomic mass is 32.1. The van der Waals surface area contributed by atoms with Gasteiger partial charge in [0.1, 0.15) is 11.1 Å². The molecule has 2 aromatic carbocycles. The molecule has 2 heterocycles. The zero-order valence-electron chi connectivity index (χ0n) is 30.4. The fourth-order valence-corrected chi connectivity index (χ4v) is 8.50. The minimum absolute atomic E-state index is 0.120. The van der Waals surface area contributed by atoms with E-state index in [2.05, 4.69) is 26.0 Å². The van der Waals surface area contributed by atoms with Gasteiger partial charge in [-0.1, -0.05) is 70.7 Å². The van der Waals surface area contributed by atoms with E-state index in [9.17, 15) is 19.2 Å². The van der Waals surface area contributed by atoms with E-state index in [1.807, 2.05) is 55.1 Å². The maximum Gasteiger partial charge on any atom is 0.423 e. The SMILES string of the molecule is CCCC1(C)C(=O)N(C(=O)OCC)C(=S)N1c1ccc(CCCCCOC(=O)N2C(=O)C3(CCCCC3)N(c3ccc(C(C)C)cc3)C2=S)cc1. The van der Waals surface area contributed by atoms with Gasteiger partial charge in [0.15, 0.2) is 10.2 Å². The number of ether oxygens (including phenoxy) is 2. The van der Waals surface area contributed by atoms with Crippen molar-refractivity contribution in [1.82, 2.24) is 9.80 Å². The number of hydrogen-bond donors (Lipinski definition) is 0. The Bertz CT molecular complexity index is 1640. The lowest BCUT2D eigenvalue weighted by molar-refractivity contribution is -0.130. The number of rotatable bonds is 12. The lowest BCUT2D eigenvalue weighted by Crippen LogP contribution is -2.51. The molecule has 2 aromatic rings. The Labute approximate surface area is 312 Å². The van der Waals surface area contributed by atoms with E-state index in [1.165, 1.54) is 5.56 Å². The summed E-state index contributed by atoms with van der Waals surface area (Å²) in [4.78, 5) is 58.9. The van der Waals surface area contributed by atoms with Crippen molar-refractivity contribution in [2.24, 2.45) is 0 Å². The van der Waals surface area contributed by atoms with E-state index in [-0.39, 0.29) is 35.3 Å². The second-order valence-corrected chi connectivity index (χ2v) is 14.9. The normalized spacial score (nSPS) is 20.3. The third-order valence-electron chi connectivity index (χ3n) is 10.4. The van der Waals surface area contributed by atoms with Gasteiger partial charge in [-0.25, -0.2) is 9.59 Å². The molecule has 12 heteroatoms. The van der Waals surface area contributed by atoms with Crippen molar-refractivity contribution in [2.75, 3.05) is 23.0 Å². The van der Waals surface area contributed by atoms with Crippen molar-refractivity contribution < 1.29 is 28.7 Å². The van der Waals surface area contributed by atoms with E-state index >= 15 is 0 Å². The maximum atomic E-state index is 13.9. The van der Waals surface area contributed by atoms with Crippen molar-refractivity contribution in [1.29, 1.82) is 0 Å². The smallest absolute Gasteiger partial charge is 0.423 e. The fourth-order valence-electron chi connectivity index (χ4n) is 7.60. The monoisotopic (exact) mass is 734 g/mol. The lowest BCUT2D eigenvalue weighted by Gasteiger charge is -2.39. The van der Waals surface area contributed by atoms with Crippen molar-refractivity contribution in [3.63, 3.8) is 0 Å². The van der Waals surface area contributed by atoms with E-state index in [0.717, 1.165) is 71.7 Å². The van der Waals surface area contributed by atoms with Crippen LogP contribution < -0.4 is 9.80 Å². The number of carbonyl (C=O) groups excluding carboxylic acids is 4. The molecule has 10 nitrogen and oxygen atoms in total. The molecule has 4 amide bonds. The summed E-state index contributed by atoms with van der Waals surface area (Å²) in [5.74, 6) is -0.282. The first-order valence-corrected chi connectivity index (χ1v) is 19.1. The van der Waals surface area contributed by atoms with Crippen LogP contribution >= 0.6 is 24.4 Å². The fraction of sp³-hybridized carbons (Fsp3) is 0.538. The topological polar surface area (TPSA) is 99.7 Å². The minimum atomic E-state index is -0.991. The molecule has 2 aliphatic heterocycles. The molecule has 1 aliphatic carbocycles. The molecule has 1 atom stereocenters. The summed E-state index contributed by atoms with van der Waals surface area (Å²) in [6, 6.07) is 16.0. The van der Waals surface area contributed by atoms with Crippen LogP contribution in [0.2, 0.25) is 0 Å². The molecule has 51 heavy (non-hydrogen) atoms. The van der Waals surface area contributed by atoms with Crippen LogP contribution in [0.5, 0.6) is 0 Å².